The highest BCUT2D eigenvalue weighted by atomic mass is 16.5. The van der Waals surface area contributed by atoms with Crippen LogP contribution in [-0.4, -0.2) is 27.8 Å². The molecule has 0 atom stereocenters. The number of anilines is 2. The predicted octanol–water partition coefficient (Wildman–Crippen LogP) is 1.00. The second-order valence-electron chi connectivity index (χ2n) is 3.63. The summed E-state index contributed by atoms with van der Waals surface area (Å²) < 4.78 is 4.60. The van der Waals surface area contributed by atoms with Gasteiger partial charge in [0.25, 0.3) is 0 Å². The quantitative estimate of drug-likeness (QED) is 0.676. The fourth-order valence-electron chi connectivity index (χ4n) is 1.45. The number of carboxylic acid groups (broad SMARTS) is 1. The van der Waals surface area contributed by atoms with Crippen LogP contribution in [0.4, 0.5) is 11.4 Å². The van der Waals surface area contributed by atoms with Crippen molar-refractivity contribution in [3.8, 4) is 0 Å². The van der Waals surface area contributed by atoms with Crippen LogP contribution in [0.3, 0.4) is 0 Å². The number of hydrogen-bond donors (Lipinski definition) is 3. The molecule has 0 aliphatic rings. The molecule has 2 aromatic rings. The van der Waals surface area contributed by atoms with E-state index in [1.54, 1.807) is 6.07 Å². The first-order valence-electron chi connectivity index (χ1n) is 5.29. The van der Waals surface area contributed by atoms with Crippen molar-refractivity contribution < 1.29 is 14.4 Å². The Morgan fingerprint density at radius 3 is 3.00 bits per heavy atom. The van der Waals surface area contributed by atoms with Crippen molar-refractivity contribution in [2.75, 3.05) is 17.6 Å². The van der Waals surface area contributed by atoms with E-state index in [4.69, 9.17) is 10.8 Å². The summed E-state index contributed by atoms with van der Waals surface area (Å²) in [6.45, 7) is 0.535. The normalized spacial score (nSPS) is 10.2. The Balaban J connectivity index is 2.00. The SMILES string of the molecule is Nc1ccc(C(=O)O)cc1NCCc1ncon1. The van der Waals surface area contributed by atoms with Gasteiger partial charge in [0.05, 0.1) is 16.9 Å². The number of carbonyl (C=O) groups is 1. The number of nitrogen functional groups attached to an aromatic ring is 1. The van der Waals surface area contributed by atoms with Crippen LogP contribution in [0.5, 0.6) is 0 Å². The molecule has 0 aliphatic carbocycles. The van der Waals surface area contributed by atoms with Crippen LogP contribution in [0.15, 0.2) is 29.1 Å². The number of nitrogens with two attached hydrogens (primary N) is 1. The van der Waals surface area contributed by atoms with Crippen LogP contribution in [-0.2, 0) is 6.42 Å². The highest BCUT2D eigenvalue weighted by Crippen LogP contribution is 2.19. The van der Waals surface area contributed by atoms with Crippen LogP contribution >= 0.6 is 0 Å². The molecule has 18 heavy (non-hydrogen) atoms. The molecule has 0 radical (unpaired) electrons. The summed E-state index contributed by atoms with van der Waals surface area (Å²) in [7, 11) is 0. The summed E-state index contributed by atoms with van der Waals surface area (Å²) in [6.07, 6.45) is 1.82. The monoisotopic (exact) mass is 248 g/mol. The smallest absolute Gasteiger partial charge is 0.335 e. The van der Waals surface area contributed by atoms with E-state index >= 15 is 0 Å². The molecule has 7 heteroatoms. The van der Waals surface area contributed by atoms with E-state index in [1.807, 2.05) is 0 Å². The minimum Gasteiger partial charge on any atom is -0.478 e. The molecule has 0 aliphatic heterocycles. The average molecular weight is 248 g/mol. The number of rotatable bonds is 5. The summed E-state index contributed by atoms with van der Waals surface area (Å²) in [5.74, 6) is -0.410. The zero-order chi connectivity index (χ0) is 13.0. The molecule has 0 saturated heterocycles. The van der Waals surface area contributed by atoms with E-state index in [-0.39, 0.29) is 5.56 Å². The average Bonchev–Trinajstić information content (AvgIpc) is 2.84. The van der Waals surface area contributed by atoms with Crippen LogP contribution in [0.2, 0.25) is 0 Å². The van der Waals surface area contributed by atoms with Gasteiger partial charge in [-0.1, -0.05) is 5.16 Å². The van der Waals surface area contributed by atoms with Crippen LogP contribution in [0.1, 0.15) is 16.2 Å². The van der Waals surface area contributed by atoms with Crippen molar-refractivity contribution in [1.29, 1.82) is 0 Å². The van der Waals surface area contributed by atoms with Gasteiger partial charge in [0.2, 0.25) is 6.39 Å². The molecular formula is C11H12N4O3. The summed E-state index contributed by atoms with van der Waals surface area (Å²) >= 11 is 0. The highest BCUT2D eigenvalue weighted by Gasteiger charge is 2.06. The first-order chi connectivity index (χ1) is 8.66. The topological polar surface area (TPSA) is 114 Å². The van der Waals surface area contributed by atoms with E-state index in [1.165, 1.54) is 18.5 Å². The highest BCUT2D eigenvalue weighted by molar-refractivity contribution is 5.90. The molecule has 2 rings (SSSR count). The van der Waals surface area contributed by atoms with E-state index in [0.29, 0.717) is 30.2 Å². The third kappa shape index (κ3) is 2.76. The first-order valence-corrected chi connectivity index (χ1v) is 5.29. The molecular weight excluding hydrogens is 236 g/mol. The molecule has 0 amide bonds. The minimum atomic E-state index is -0.990. The van der Waals surface area contributed by atoms with Gasteiger partial charge in [0.1, 0.15) is 0 Å². The van der Waals surface area contributed by atoms with Crippen LogP contribution in [0.25, 0.3) is 0 Å². The number of benzene rings is 1. The first kappa shape index (κ1) is 11.9. The summed E-state index contributed by atoms with van der Waals surface area (Å²) in [4.78, 5) is 14.7. The van der Waals surface area contributed by atoms with Gasteiger partial charge in [0, 0.05) is 13.0 Å². The fourth-order valence-corrected chi connectivity index (χ4v) is 1.45. The third-order valence-corrected chi connectivity index (χ3v) is 2.37. The lowest BCUT2D eigenvalue weighted by molar-refractivity contribution is 0.0697. The molecule has 0 saturated carbocycles. The fraction of sp³-hybridized carbons (Fsp3) is 0.182. The minimum absolute atomic E-state index is 0.186. The second-order valence-corrected chi connectivity index (χ2v) is 3.63. The van der Waals surface area contributed by atoms with Gasteiger partial charge in [-0.3, -0.25) is 0 Å². The summed E-state index contributed by atoms with van der Waals surface area (Å²) in [5, 5.41) is 15.6. The molecule has 0 spiro atoms. The predicted molar refractivity (Wildman–Crippen MR) is 64.3 cm³/mol. The Hall–Kier alpha value is -2.57. The van der Waals surface area contributed by atoms with Crippen molar-refractivity contribution in [1.82, 2.24) is 10.1 Å². The Morgan fingerprint density at radius 2 is 2.33 bits per heavy atom. The maximum Gasteiger partial charge on any atom is 0.335 e. The molecule has 4 N–H and O–H groups in total. The van der Waals surface area contributed by atoms with E-state index in [2.05, 4.69) is 20.0 Å². The maximum absolute atomic E-state index is 10.8. The Morgan fingerprint density at radius 1 is 1.50 bits per heavy atom. The molecule has 0 bridgehead atoms. The largest absolute Gasteiger partial charge is 0.478 e. The third-order valence-electron chi connectivity index (χ3n) is 2.37. The van der Waals surface area contributed by atoms with Crippen molar-refractivity contribution in [2.24, 2.45) is 0 Å². The molecule has 1 aromatic carbocycles. The Bertz CT molecular complexity index is 539. The molecule has 7 nitrogen and oxygen atoms in total. The van der Waals surface area contributed by atoms with Crippen LogP contribution in [0, 0.1) is 0 Å². The number of nitrogens with one attached hydrogen (secondary N) is 1. The number of nitrogens with zero attached hydrogens (tertiary/aromatic N) is 2. The van der Waals surface area contributed by atoms with Crippen molar-refractivity contribution in [2.45, 2.75) is 6.42 Å². The molecule has 94 valence electrons. The van der Waals surface area contributed by atoms with Gasteiger partial charge in [-0.05, 0) is 18.2 Å². The molecule has 1 aromatic heterocycles. The Kier molecular flexibility index (Phi) is 3.42. The number of aromatic nitrogens is 2. The number of aromatic carboxylic acids is 1. The van der Waals surface area contributed by atoms with Gasteiger partial charge in [-0.2, -0.15) is 4.98 Å². The van der Waals surface area contributed by atoms with Gasteiger partial charge >= 0.3 is 5.97 Å². The van der Waals surface area contributed by atoms with Gasteiger partial charge in [-0.15, -0.1) is 0 Å². The van der Waals surface area contributed by atoms with Crippen molar-refractivity contribution in [3.05, 3.63) is 36.0 Å². The van der Waals surface area contributed by atoms with Crippen molar-refractivity contribution >= 4 is 17.3 Å². The zero-order valence-electron chi connectivity index (χ0n) is 9.46. The lowest BCUT2D eigenvalue weighted by Gasteiger charge is -2.09. The van der Waals surface area contributed by atoms with Gasteiger partial charge in [0.15, 0.2) is 5.82 Å². The summed E-state index contributed by atoms with van der Waals surface area (Å²) in [6, 6.07) is 4.51. The number of hydrogen-bond acceptors (Lipinski definition) is 6. The van der Waals surface area contributed by atoms with Crippen LogP contribution < -0.4 is 11.1 Å². The molecule has 0 fully saturated rings. The van der Waals surface area contributed by atoms with Crippen molar-refractivity contribution in [3.63, 3.8) is 0 Å². The maximum atomic E-state index is 10.8. The zero-order valence-corrected chi connectivity index (χ0v) is 9.46. The second kappa shape index (κ2) is 5.17. The lowest BCUT2D eigenvalue weighted by Crippen LogP contribution is -2.09. The summed E-state index contributed by atoms with van der Waals surface area (Å²) in [5.41, 5.74) is 7.01. The lowest BCUT2D eigenvalue weighted by atomic mass is 10.1. The van der Waals surface area contributed by atoms with E-state index in [9.17, 15) is 4.79 Å². The van der Waals surface area contributed by atoms with Gasteiger partial charge in [-0.25, -0.2) is 4.79 Å². The Labute approximate surface area is 103 Å². The standard InChI is InChI=1S/C11H12N4O3/c12-8-2-1-7(11(16)17)5-9(8)13-4-3-10-14-6-18-15-10/h1-2,5-6,13H,3-4,12H2,(H,16,17). The molecule has 1 heterocycles. The van der Waals surface area contributed by atoms with E-state index < -0.39 is 5.97 Å². The number of carboxylic acids is 1. The van der Waals surface area contributed by atoms with Gasteiger partial charge < -0.3 is 20.7 Å². The van der Waals surface area contributed by atoms with E-state index in [0.717, 1.165) is 0 Å². The molecule has 0 unspecified atom stereocenters.